The van der Waals surface area contributed by atoms with Gasteiger partial charge in [-0.05, 0) is 43.1 Å². The fourth-order valence-corrected chi connectivity index (χ4v) is 2.83. The summed E-state index contributed by atoms with van der Waals surface area (Å²) in [5.74, 6) is 1.47. The zero-order valence-electron chi connectivity index (χ0n) is 11.1. The Morgan fingerprint density at radius 1 is 1.33 bits per heavy atom. The third-order valence-electron chi connectivity index (χ3n) is 3.45. The molecule has 0 spiro atoms. The van der Waals surface area contributed by atoms with Gasteiger partial charge in [0, 0.05) is 19.6 Å². The number of anilines is 1. The maximum absolute atomic E-state index is 5.99. The average Bonchev–Trinajstić information content (AvgIpc) is 2.35. The molecule has 0 radical (unpaired) electrons. The van der Waals surface area contributed by atoms with Crippen LogP contribution < -0.4 is 5.73 Å². The van der Waals surface area contributed by atoms with Crippen molar-refractivity contribution in [2.75, 3.05) is 39.5 Å². The molecule has 1 unspecified atom stereocenters. The summed E-state index contributed by atoms with van der Waals surface area (Å²) in [6, 6.07) is 0.244. The number of rotatable bonds is 2. The number of hydrogen-bond donors (Lipinski definition) is 1. The second-order valence-corrected chi connectivity index (χ2v) is 5.92. The molecule has 0 amide bonds. The molecular weight excluding hydrogens is 341 g/mol. The fourth-order valence-electron chi connectivity index (χ4n) is 2.20. The zero-order valence-corrected chi connectivity index (χ0v) is 13.3. The minimum absolute atomic E-state index is 0.244. The number of nitrogens with zero attached hydrogens (tertiary/aromatic N) is 4. The van der Waals surface area contributed by atoms with Crippen LogP contribution in [0.25, 0.3) is 0 Å². The minimum atomic E-state index is 0.244. The number of likely N-dealkylation sites (N-methyl/N-ethyl adjacent to an activating group) is 2. The van der Waals surface area contributed by atoms with Crippen LogP contribution in [-0.4, -0.2) is 53.5 Å². The van der Waals surface area contributed by atoms with Gasteiger partial charge >= 0.3 is 0 Å². The first-order valence-electron chi connectivity index (χ1n) is 6.23. The van der Waals surface area contributed by atoms with E-state index in [0.717, 1.165) is 41.1 Å². The van der Waals surface area contributed by atoms with Gasteiger partial charge in [-0.3, -0.25) is 4.90 Å². The van der Waals surface area contributed by atoms with E-state index < -0.39 is 0 Å². The van der Waals surface area contributed by atoms with E-state index >= 15 is 0 Å². The largest absolute Gasteiger partial charge is 0.383 e. The highest BCUT2D eigenvalue weighted by molar-refractivity contribution is 14.1. The van der Waals surface area contributed by atoms with Gasteiger partial charge in [0.15, 0.2) is 0 Å². The normalized spacial score (nSPS) is 22.3. The van der Waals surface area contributed by atoms with Gasteiger partial charge < -0.3 is 10.6 Å². The van der Waals surface area contributed by atoms with Crippen molar-refractivity contribution in [3.8, 4) is 0 Å². The lowest BCUT2D eigenvalue weighted by Crippen LogP contribution is -2.45. The van der Waals surface area contributed by atoms with Crippen molar-refractivity contribution in [2.24, 2.45) is 0 Å². The van der Waals surface area contributed by atoms with Crippen molar-refractivity contribution in [2.45, 2.75) is 19.4 Å². The molecular formula is C12H20IN5. The van der Waals surface area contributed by atoms with Crippen LogP contribution in [0.4, 0.5) is 5.82 Å². The first kappa shape index (κ1) is 14.0. The molecule has 1 aromatic rings. The summed E-state index contributed by atoms with van der Waals surface area (Å²) < 4.78 is 0.991. The van der Waals surface area contributed by atoms with Crippen LogP contribution in [0.3, 0.4) is 0 Å². The van der Waals surface area contributed by atoms with E-state index in [2.05, 4.69) is 58.4 Å². The van der Waals surface area contributed by atoms with Crippen LogP contribution in [0, 0.1) is 3.57 Å². The highest BCUT2D eigenvalue weighted by atomic mass is 127. The first-order chi connectivity index (χ1) is 8.52. The SMILES string of the molecule is CCc1nc(C2CN(C)CCN2C)nc(N)c1I. The van der Waals surface area contributed by atoms with Crippen LogP contribution in [0.2, 0.25) is 0 Å². The molecule has 1 fully saturated rings. The van der Waals surface area contributed by atoms with E-state index in [-0.39, 0.29) is 6.04 Å². The molecule has 6 heteroatoms. The maximum Gasteiger partial charge on any atom is 0.149 e. The van der Waals surface area contributed by atoms with Crippen LogP contribution in [0.5, 0.6) is 0 Å². The van der Waals surface area contributed by atoms with E-state index in [9.17, 15) is 0 Å². The van der Waals surface area contributed by atoms with Gasteiger partial charge in [-0.2, -0.15) is 0 Å². The highest BCUT2D eigenvalue weighted by Gasteiger charge is 2.27. The topological polar surface area (TPSA) is 58.3 Å². The average molecular weight is 361 g/mol. The molecule has 2 rings (SSSR count). The Morgan fingerprint density at radius 3 is 2.72 bits per heavy atom. The first-order valence-corrected chi connectivity index (χ1v) is 7.31. The van der Waals surface area contributed by atoms with Crippen molar-refractivity contribution in [3.63, 3.8) is 0 Å². The molecule has 0 aromatic carbocycles. The number of nitrogen functional groups attached to an aromatic ring is 1. The Hall–Kier alpha value is -0.470. The quantitative estimate of drug-likeness (QED) is 0.801. The lowest BCUT2D eigenvalue weighted by atomic mass is 10.1. The number of nitrogens with two attached hydrogens (primary N) is 1. The van der Waals surface area contributed by atoms with Gasteiger partial charge in [0.2, 0.25) is 0 Å². The second kappa shape index (κ2) is 5.66. The van der Waals surface area contributed by atoms with Crippen molar-refractivity contribution in [1.29, 1.82) is 0 Å². The molecule has 1 aromatic heterocycles. The summed E-state index contributed by atoms with van der Waals surface area (Å²) in [5.41, 5.74) is 7.05. The third-order valence-corrected chi connectivity index (χ3v) is 4.62. The summed E-state index contributed by atoms with van der Waals surface area (Å²) in [7, 11) is 4.26. The maximum atomic E-state index is 5.99. The Morgan fingerprint density at radius 2 is 2.06 bits per heavy atom. The van der Waals surface area contributed by atoms with E-state index in [4.69, 9.17) is 10.7 Å². The molecule has 1 atom stereocenters. The molecule has 0 aliphatic carbocycles. The zero-order chi connectivity index (χ0) is 13.3. The van der Waals surface area contributed by atoms with Gasteiger partial charge in [-0.15, -0.1) is 0 Å². The molecule has 1 aliphatic heterocycles. The number of halogens is 1. The lowest BCUT2D eigenvalue weighted by Gasteiger charge is -2.36. The van der Waals surface area contributed by atoms with E-state index in [1.54, 1.807) is 0 Å². The molecule has 0 bridgehead atoms. The Labute approximate surface area is 122 Å². The molecule has 1 saturated heterocycles. The predicted octanol–water partition coefficient (Wildman–Crippen LogP) is 1.14. The highest BCUT2D eigenvalue weighted by Crippen LogP contribution is 2.24. The van der Waals surface area contributed by atoms with E-state index in [0.29, 0.717) is 5.82 Å². The predicted molar refractivity (Wildman–Crippen MR) is 81.4 cm³/mol. The second-order valence-electron chi connectivity index (χ2n) is 4.84. The van der Waals surface area contributed by atoms with Gasteiger partial charge in [0.25, 0.3) is 0 Å². The third kappa shape index (κ3) is 2.75. The van der Waals surface area contributed by atoms with Gasteiger partial charge in [0.05, 0.1) is 15.3 Å². The Kier molecular flexibility index (Phi) is 4.39. The minimum Gasteiger partial charge on any atom is -0.383 e. The summed E-state index contributed by atoms with van der Waals surface area (Å²) in [6.45, 7) is 5.19. The number of piperazine rings is 1. The van der Waals surface area contributed by atoms with Crippen LogP contribution >= 0.6 is 22.6 Å². The van der Waals surface area contributed by atoms with Gasteiger partial charge in [-0.25, -0.2) is 9.97 Å². The smallest absolute Gasteiger partial charge is 0.149 e. The summed E-state index contributed by atoms with van der Waals surface area (Å²) in [6.07, 6.45) is 0.893. The van der Waals surface area contributed by atoms with E-state index in [1.165, 1.54) is 0 Å². The fraction of sp³-hybridized carbons (Fsp3) is 0.667. The van der Waals surface area contributed by atoms with Gasteiger partial charge in [0.1, 0.15) is 11.6 Å². The van der Waals surface area contributed by atoms with E-state index in [1.807, 2.05) is 0 Å². The number of hydrogen-bond acceptors (Lipinski definition) is 5. The molecule has 5 nitrogen and oxygen atoms in total. The monoisotopic (exact) mass is 361 g/mol. The van der Waals surface area contributed by atoms with Crippen molar-refractivity contribution >= 4 is 28.4 Å². The molecule has 2 heterocycles. The number of aromatic nitrogens is 2. The number of aryl methyl sites for hydroxylation is 1. The Balaban J connectivity index is 2.35. The summed E-state index contributed by atoms with van der Waals surface area (Å²) in [5, 5.41) is 0. The van der Waals surface area contributed by atoms with Crippen LogP contribution in [0.15, 0.2) is 0 Å². The standard InChI is InChI=1S/C12H20IN5/c1-4-8-10(13)11(14)16-12(15-8)9-7-17(2)5-6-18(9)3/h9H,4-7H2,1-3H3,(H2,14,15,16). The summed E-state index contributed by atoms with van der Waals surface area (Å²) >= 11 is 2.23. The molecule has 100 valence electrons. The summed E-state index contributed by atoms with van der Waals surface area (Å²) in [4.78, 5) is 13.8. The molecule has 0 saturated carbocycles. The van der Waals surface area contributed by atoms with Crippen molar-refractivity contribution < 1.29 is 0 Å². The van der Waals surface area contributed by atoms with Crippen molar-refractivity contribution in [3.05, 3.63) is 15.1 Å². The van der Waals surface area contributed by atoms with Crippen LogP contribution in [-0.2, 0) is 6.42 Å². The Bertz CT molecular complexity index is 437. The molecule has 2 N–H and O–H groups in total. The molecule has 1 aliphatic rings. The molecule has 18 heavy (non-hydrogen) atoms. The van der Waals surface area contributed by atoms with Gasteiger partial charge in [-0.1, -0.05) is 6.92 Å². The van der Waals surface area contributed by atoms with Crippen LogP contribution in [0.1, 0.15) is 24.5 Å². The van der Waals surface area contributed by atoms with Crippen molar-refractivity contribution in [1.82, 2.24) is 19.8 Å². The lowest BCUT2D eigenvalue weighted by molar-refractivity contribution is 0.109.